The predicted molar refractivity (Wildman–Crippen MR) is 72.6 cm³/mol. The fraction of sp³-hybridized carbons (Fsp3) is 0.364. The Labute approximate surface area is 106 Å². The lowest BCUT2D eigenvalue weighted by Gasteiger charge is -2.21. The molecule has 2 heterocycles. The second-order valence-electron chi connectivity index (χ2n) is 4.43. The second kappa shape index (κ2) is 3.76. The molecule has 0 spiro atoms. The maximum atomic E-state index is 11.7. The van der Waals surface area contributed by atoms with Gasteiger partial charge < -0.3 is 10.2 Å². The fourth-order valence-corrected chi connectivity index (χ4v) is 4.82. The molecular weight excluding hydrogens is 256 g/mol. The van der Waals surface area contributed by atoms with Crippen molar-refractivity contribution in [2.45, 2.75) is 12.1 Å². The predicted octanol–water partition coefficient (Wildman–Crippen LogP) is 1.10. The molecule has 0 saturated carbocycles. The molecule has 1 aromatic carbocycles. The van der Waals surface area contributed by atoms with Gasteiger partial charge in [0, 0.05) is 5.69 Å². The lowest BCUT2D eigenvalue weighted by Crippen LogP contribution is -2.37. The summed E-state index contributed by atoms with van der Waals surface area (Å²) in [7, 11) is -2.68. The van der Waals surface area contributed by atoms with E-state index in [1.54, 1.807) is 0 Å². The molecule has 0 aromatic heterocycles. The minimum absolute atomic E-state index is 0.000191. The largest absolute Gasteiger partial charge is 0.352 e. The van der Waals surface area contributed by atoms with Crippen LogP contribution in [0.5, 0.6) is 0 Å². The molecule has 17 heavy (non-hydrogen) atoms. The van der Waals surface area contributed by atoms with Crippen LogP contribution in [-0.2, 0) is 14.4 Å². The molecule has 2 N–H and O–H groups in total. The van der Waals surface area contributed by atoms with Crippen LogP contribution < -0.4 is 10.2 Å². The van der Waals surface area contributed by atoms with Crippen molar-refractivity contribution >= 4 is 33.2 Å². The van der Waals surface area contributed by atoms with Crippen LogP contribution in [0, 0.1) is 0 Å². The maximum Gasteiger partial charge on any atom is 0.218 e. The van der Waals surface area contributed by atoms with E-state index >= 15 is 0 Å². The van der Waals surface area contributed by atoms with E-state index in [-0.39, 0.29) is 12.1 Å². The molecule has 2 fully saturated rings. The maximum absolute atomic E-state index is 11.7. The molecule has 1 aromatic rings. The van der Waals surface area contributed by atoms with Gasteiger partial charge in [-0.3, -0.25) is 0 Å². The lowest BCUT2D eigenvalue weighted by atomic mass is 10.1. The summed E-state index contributed by atoms with van der Waals surface area (Å²) in [5.74, 6) is 0.584. The highest BCUT2D eigenvalue weighted by Crippen LogP contribution is 2.31. The van der Waals surface area contributed by atoms with Crippen molar-refractivity contribution in [3.63, 3.8) is 0 Å². The molecule has 4 nitrogen and oxygen atoms in total. The van der Waals surface area contributed by atoms with Gasteiger partial charge in [0.25, 0.3) is 0 Å². The van der Waals surface area contributed by atoms with E-state index in [4.69, 9.17) is 12.2 Å². The summed E-state index contributed by atoms with van der Waals surface area (Å²) in [6.45, 7) is 0. The number of benzene rings is 1. The van der Waals surface area contributed by atoms with Gasteiger partial charge in [0.15, 0.2) is 16.6 Å². The monoisotopic (exact) mass is 269 g/mol. The summed E-state index contributed by atoms with van der Waals surface area (Å²) in [5, 5.41) is 3.79. The number of nitrogens with one attached hydrogen (secondary N) is 1. The Hall–Kier alpha value is -0.980. The van der Waals surface area contributed by atoms with Crippen LogP contribution in [-0.4, -0.2) is 33.3 Å². The third kappa shape index (κ3) is 1.86. The van der Waals surface area contributed by atoms with Gasteiger partial charge in [-0.25, -0.2) is 0 Å². The highest BCUT2D eigenvalue weighted by molar-refractivity contribution is 7.98. The quantitative estimate of drug-likeness (QED) is 0.591. The average molecular weight is 269 g/mol. The third-order valence-electron chi connectivity index (χ3n) is 3.23. The summed E-state index contributed by atoms with van der Waals surface area (Å²) < 4.78 is 21.4. The molecule has 0 aliphatic carbocycles. The molecule has 0 bridgehead atoms. The zero-order chi connectivity index (χ0) is 12.0. The van der Waals surface area contributed by atoms with Crippen molar-refractivity contribution < 1.29 is 8.76 Å². The molecule has 2 aliphatic rings. The Kier molecular flexibility index (Phi) is 2.46. The van der Waals surface area contributed by atoms with Crippen molar-refractivity contribution in [3.8, 4) is 0 Å². The molecule has 1 unspecified atom stereocenters. The zero-order valence-corrected chi connectivity index (χ0v) is 10.7. The van der Waals surface area contributed by atoms with Gasteiger partial charge in [-0.2, -0.15) is 4.55 Å². The van der Waals surface area contributed by atoms with Crippen molar-refractivity contribution in [3.05, 3.63) is 30.3 Å². The summed E-state index contributed by atoms with van der Waals surface area (Å²) >= 11 is 5.29. The van der Waals surface area contributed by atoms with Crippen LogP contribution in [0.15, 0.2) is 30.3 Å². The first kappa shape index (κ1) is 11.1. The van der Waals surface area contributed by atoms with E-state index in [1.165, 1.54) is 0 Å². The van der Waals surface area contributed by atoms with Gasteiger partial charge in [0.05, 0.1) is 0 Å². The molecule has 6 heteroatoms. The minimum atomic E-state index is -2.68. The number of anilines is 1. The number of thiocarbonyl (C=S) groups is 1. The van der Waals surface area contributed by atoms with E-state index in [0.717, 1.165) is 5.69 Å². The minimum Gasteiger partial charge on any atom is -0.352 e. The average Bonchev–Trinajstić information content (AvgIpc) is 2.69. The SMILES string of the molecule is O=[S+]1(O)C[C@@H]2[C@@H](C1)NC(=S)N2c1ccccc1. The van der Waals surface area contributed by atoms with Crippen LogP contribution in [0.2, 0.25) is 0 Å². The summed E-state index contributed by atoms with van der Waals surface area (Å²) in [6.07, 6.45) is 0. The van der Waals surface area contributed by atoms with Gasteiger partial charge in [-0.15, -0.1) is 0 Å². The van der Waals surface area contributed by atoms with Gasteiger partial charge >= 0.3 is 0 Å². The fourth-order valence-electron chi connectivity index (χ4n) is 2.51. The third-order valence-corrected chi connectivity index (χ3v) is 5.29. The summed E-state index contributed by atoms with van der Waals surface area (Å²) in [5.41, 5.74) is 0.981. The van der Waals surface area contributed by atoms with Gasteiger partial charge in [0.1, 0.15) is 12.1 Å². The Morgan fingerprint density at radius 2 is 2.06 bits per heavy atom. The van der Waals surface area contributed by atoms with Crippen LogP contribution in [0.3, 0.4) is 0 Å². The first-order chi connectivity index (χ1) is 8.07. The van der Waals surface area contributed by atoms with Crippen molar-refractivity contribution in [1.29, 1.82) is 0 Å². The Balaban J connectivity index is 1.95. The first-order valence-electron chi connectivity index (χ1n) is 5.44. The van der Waals surface area contributed by atoms with Gasteiger partial charge in [0.2, 0.25) is 10.2 Å². The number of hydrogen-bond acceptors (Lipinski definition) is 2. The molecule has 2 aliphatic heterocycles. The lowest BCUT2D eigenvalue weighted by molar-refractivity contribution is 0.502. The number of rotatable bonds is 1. The van der Waals surface area contributed by atoms with Crippen LogP contribution >= 0.6 is 12.2 Å². The van der Waals surface area contributed by atoms with E-state index in [0.29, 0.717) is 16.6 Å². The molecule has 3 atom stereocenters. The van der Waals surface area contributed by atoms with Gasteiger partial charge in [-0.05, 0) is 24.4 Å². The van der Waals surface area contributed by atoms with Crippen LogP contribution in [0.4, 0.5) is 5.69 Å². The number of hydrogen-bond donors (Lipinski definition) is 2. The zero-order valence-electron chi connectivity index (χ0n) is 9.07. The van der Waals surface area contributed by atoms with E-state index in [2.05, 4.69) is 5.32 Å². The normalized spacial score (nSPS) is 35.8. The Bertz CT molecular complexity index is 505. The number of nitrogens with zero attached hydrogens (tertiary/aromatic N) is 1. The van der Waals surface area contributed by atoms with E-state index < -0.39 is 10.2 Å². The highest BCUT2D eigenvalue weighted by Gasteiger charge is 2.54. The summed E-state index contributed by atoms with van der Waals surface area (Å²) in [4.78, 5) is 1.96. The standard InChI is InChI=1S/C11H12N2O2S2/c14-17(15)6-9-10(7-17)13(11(16)12-9)8-4-2-1-3-5-8/h1-5,9-10H,6-7H2,(H-,12,14,15,16)/p+1/t9-,10-/m1/s1. The molecule has 90 valence electrons. The molecule has 0 amide bonds. The number of fused-ring (bicyclic) bond motifs is 1. The molecule has 3 rings (SSSR count). The Morgan fingerprint density at radius 3 is 2.76 bits per heavy atom. The highest BCUT2D eigenvalue weighted by atomic mass is 32.3. The van der Waals surface area contributed by atoms with E-state index in [9.17, 15) is 8.76 Å². The van der Waals surface area contributed by atoms with Crippen molar-refractivity contribution in [1.82, 2.24) is 5.32 Å². The molecule has 0 radical (unpaired) electrons. The van der Waals surface area contributed by atoms with Crippen LogP contribution in [0.25, 0.3) is 0 Å². The second-order valence-corrected chi connectivity index (χ2v) is 7.03. The van der Waals surface area contributed by atoms with Crippen molar-refractivity contribution in [2.24, 2.45) is 0 Å². The summed E-state index contributed by atoms with van der Waals surface area (Å²) in [6, 6.07) is 9.76. The topological polar surface area (TPSA) is 52.6 Å². The van der Waals surface area contributed by atoms with Crippen molar-refractivity contribution in [2.75, 3.05) is 16.4 Å². The van der Waals surface area contributed by atoms with E-state index in [1.807, 2.05) is 35.2 Å². The molecular formula is C11H13N2O2S2+. The Morgan fingerprint density at radius 1 is 1.35 bits per heavy atom. The van der Waals surface area contributed by atoms with Gasteiger partial charge in [-0.1, -0.05) is 22.4 Å². The number of para-hydroxylation sites is 1. The smallest absolute Gasteiger partial charge is 0.218 e. The first-order valence-corrected chi connectivity index (χ1v) is 7.70. The van der Waals surface area contributed by atoms with Crippen LogP contribution in [0.1, 0.15) is 0 Å². The molecule has 2 saturated heterocycles.